The van der Waals surface area contributed by atoms with Crippen LogP contribution in [0.15, 0.2) is 53.0 Å². The van der Waals surface area contributed by atoms with Crippen molar-refractivity contribution >= 4 is 32.7 Å². The number of nitrogens with one attached hydrogen (secondary N) is 1. The van der Waals surface area contributed by atoms with E-state index >= 15 is 0 Å². The van der Waals surface area contributed by atoms with Gasteiger partial charge >= 0.3 is 0 Å². The van der Waals surface area contributed by atoms with Gasteiger partial charge in [0.1, 0.15) is 11.4 Å². The van der Waals surface area contributed by atoms with Crippen molar-refractivity contribution in [3.05, 3.63) is 64.3 Å². The molecule has 0 aliphatic carbocycles. The first kappa shape index (κ1) is 19.0. The van der Waals surface area contributed by atoms with Crippen LogP contribution in [0.2, 0.25) is 0 Å². The standard InChI is InChI=1S/C22H23BrN2O3/c1-27-16-7-4-6-15(12-16)13-25(14-17-8-5-11-28-17)22(26)21-20(23)18-9-2-3-10-19(18)24-21/h2-4,6-7,9-10,12,17,24H,5,8,11,13-14H2,1H3. The van der Waals surface area contributed by atoms with Gasteiger partial charge in [-0.1, -0.05) is 30.3 Å². The zero-order valence-electron chi connectivity index (χ0n) is 15.8. The maximum atomic E-state index is 13.5. The van der Waals surface area contributed by atoms with E-state index in [9.17, 15) is 4.79 Å². The molecule has 3 aromatic rings. The minimum absolute atomic E-state index is 0.0404. The van der Waals surface area contributed by atoms with E-state index in [-0.39, 0.29) is 12.0 Å². The first-order chi connectivity index (χ1) is 13.7. The normalized spacial score (nSPS) is 16.4. The van der Waals surface area contributed by atoms with E-state index < -0.39 is 0 Å². The Labute approximate surface area is 172 Å². The predicted molar refractivity (Wildman–Crippen MR) is 113 cm³/mol. The lowest BCUT2D eigenvalue weighted by Crippen LogP contribution is -2.37. The first-order valence-electron chi connectivity index (χ1n) is 9.45. The number of rotatable bonds is 6. The van der Waals surface area contributed by atoms with Gasteiger partial charge in [-0.05, 0) is 52.5 Å². The Balaban J connectivity index is 1.64. The highest BCUT2D eigenvalue weighted by Gasteiger charge is 2.26. The summed E-state index contributed by atoms with van der Waals surface area (Å²) in [6.45, 7) is 1.83. The van der Waals surface area contributed by atoms with E-state index in [1.54, 1.807) is 7.11 Å². The molecule has 1 atom stereocenters. The molecule has 1 fully saturated rings. The first-order valence-corrected chi connectivity index (χ1v) is 10.2. The summed E-state index contributed by atoms with van der Waals surface area (Å²) >= 11 is 3.61. The molecule has 0 radical (unpaired) electrons. The third-order valence-electron chi connectivity index (χ3n) is 5.10. The van der Waals surface area contributed by atoms with Gasteiger partial charge in [0.05, 0.1) is 17.7 Å². The largest absolute Gasteiger partial charge is 0.497 e. The zero-order valence-corrected chi connectivity index (χ0v) is 17.4. The van der Waals surface area contributed by atoms with Crippen molar-refractivity contribution in [3.8, 4) is 5.75 Å². The lowest BCUT2D eigenvalue weighted by molar-refractivity contribution is 0.0503. The van der Waals surface area contributed by atoms with Crippen LogP contribution in [0.1, 0.15) is 28.9 Å². The van der Waals surface area contributed by atoms with Crippen molar-refractivity contribution in [2.45, 2.75) is 25.5 Å². The van der Waals surface area contributed by atoms with Crippen LogP contribution in [0, 0.1) is 0 Å². The third kappa shape index (κ3) is 3.93. The van der Waals surface area contributed by atoms with Crippen LogP contribution in [0.25, 0.3) is 10.9 Å². The van der Waals surface area contributed by atoms with Crippen molar-refractivity contribution < 1.29 is 14.3 Å². The summed E-state index contributed by atoms with van der Waals surface area (Å²) in [4.78, 5) is 18.6. The Bertz CT molecular complexity index is 979. The molecular formula is C22H23BrN2O3. The third-order valence-corrected chi connectivity index (χ3v) is 5.92. The van der Waals surface area contributed by atoms with Gasteiger partial charge in [0.25, 0.3) is 5.91 Å². The highest BCUT2D eigenvalue weighted by atomic mass is 79.9. The highest BCUT2D eigenvalue weighted by molar-refractivity contribution is 9.10. The molecule has 1 unspecified atom stereocenters. The monoisotopic (exact) mass is 442 g/mol. The maximum Gasteiger partial charge on any atom is 0.271 e. The van der Waals surface area contributed by atoms with E-state index in [4.69, 9.17) is 9.47 Å². The molecule has 6 heteroatoms. The lowest BCUT2D eigenvalue weighted by Gasteiger charge is -2.25. The van der Waals surface area contributed by atoms with Crippen molar-refractivity contribution in [2.24, 2.45) is 0 Å². The van der Waals surface area contributed by atoms with Gasteiger partial charge in [-0.3, -0.25) is 4.79 Å². The van der Waals surface area contributed by atoms with Crippen LogP contribution in [-0.2, 0) is 11.3 Å². The number of H-pyrrole nitrogens is 1. The molecule has 4 rings (SSSR count). The molecule has 0 bridgehead atoms. The molecule has 5 nitrogen and oxygen atoms in total. The number of nitrogens with zero attached hydrogens (tertiary/aromatic N) is 1. The van der Waals surface area contributed by atoms with E-state index in [1.807, 2.05) is 53.4 Å². The summed E-state index contributed by atoms with van der Waals surface area (Å²) < 4.78 is 11.9. The number of fused-ring (bicyclic) bond motifs is 1. The Kier molecular flexibility index (Phi) is 5.69. The SMILES string of the molecule is COc1cccc(CN(CC2CCCO2)C(=O)c2[nH]c3ccccc3c2Br)c1. The number of carbonyl (C=O) groups is 1. The van der Waals surface area contributed by atoms with Crippen LogP contribution in [0.5, 0.6) is 5.75 Å². The number of hydrogen-bond acceptors (Lipinski definition) is 3. The molecule has 1 aliphatic rings. The molecule has 2 heterocycles. The molecule has 0 spiro atoms. The maximum absolute atomic E-state index is 13.5. The minimum atomic E-state index is -0.0404. The van der Waals surface area contributed by atoms with Gasteiger partial charge in [0.2, 0.25) is 0 Å². The number of hydrogen-bond donors (Lipinski definition) is 1. The van der Waals surface area contributed by atoms with E-state index in [0.717, 1.165) is 46.1 Å². The predicted octanol–water partition coefficient (Wildman–Crippen LogP) is 4.76. The molecule has 1 aromatic heterocycles. The Morgan fingerprint density at radius 1 is 1.29 bits per heavy atom. The second-order valence-electron chi connectivity index (χ2n) is 7.03. The number of methoxy groups -OCH3 is 1. The van der Waals surface area contributed by atoms with Gasteiger partial charge in [0, 0.05) is 30.6 Å². The van der Waals surface area contributed by atoms with Crippen molar-refractivity contribution in [3.63, 3.8) is 0 Å². The van der Waals surface area contributed by atoms with Crippen LogP contribution < -0.4 is 4.74 Å². The summed E-state index contributed by atoms with van der Waals surface area (Å²) in [7, 11) is 1.65. The van der Waals surface area contributed by atoms with Crippen molar-refractivity contribution in [1.82, 2.24) is 9.88 Å². The van der Waals surface area contributed by atoms with Gasteiger partial charge in [-0.2, -0.15) is 0 Å². The van der Waals surface area contributed by atoms with Crippen LogP contribution in [0.3, 0.4) is 0 Å². The number of para-hydroxylation sites is 1. The second kappa shape index (κ2) is 8.37. The number of benzene rings is 2. The van der Waals surface area contributed by atoms with E-state index in [1.165, 1.54) is 0 Å². The summed E-state index contributed by atoms with van der Waals surface area (Å²) in [6, 6.07) is 15.7. The fourth-order valence-electron chi connectivity index (χ4n) is 3.66. The fourth-order valence-corrected chi connectivity index (χ4v) is 4.27. The average Bonchev–Trinajstić information content (AvgIpc) is 3.35. The topological polar surface area (TPSA) is 54.6 Å². The zero-order chi connectivity index (χ0) is 19.5. The Morgan fingerprint density at radius 3 is 2.89 bits per heavy atom. The molecule has 28 heavy (non-hydrogen) atoms. The molecule has 0 saturated carbocycles. The number of ether oxygens (including phenoxy) is 2. The average molecular weight is 443 g/mol. The molecular weight excluding hydrogens is 420 g/mol. The summed E-state index contributed by atoms with van der Waals surface area (Å²) in [5.74, 6) is 0.746. The van der Waals surface area contributed by atoms with Gasteiger partial charge in [-0.25, -0.2) is 0 Å². The van der Waals surface area contributed by atoms with Crippen LogP contribution in [0.4, 0.5) is 0 Å². The molecule has 1 saturated heterocycles. The number of carbonyl (C=O) groups excluding carboxylic acids is 1. The number of halogens is 1. The lowest BCUT2D eigenvalue weighted by atomic mass is 10.1. The smallest absolute Gasteiger partial charge is 0.271 e. The van der Waals surface area contributed by atoms with Crippen LogP contribution >= 0.6 is 15.9 Å². The Morgan fingerprint density at radius 2 is 2.14 bits per heavy atom. The molecule has 1 aliphatic heterocycles. The van der Waals surface area contributed by atoms with E-state index in [0.29, 0.717) is 18.8 Å². The van der Waals surface area contributed by atoms with Crippen LogP contribution in [-0.4, -0.2) is 42.2 Å². The van der Waals surface area contributed by atoms with Crippen molar-refractivity contribution in [1.29, 1.82) is 0 Å². The van der Waals surface area contributed by atoms with Crippen molar-refractivity contribution in [2.75, 3.05) is 20.3 Å². The quantitative estimate of drug-likeness (QED) is 0.598. The minimum Gasteiger partial charge on any atom is -0.497 e. The number of amides is 1. The molecule has 2 aromatic carbocycles. The number of aromatic nitrogens is 1. The van der Waals surface area contributed by atoms with E-state index in [2.05, 4.69) is 20.9 Å². The van der Waals surface area contributed by atoms with Gasteiger partial charge in [-0.15, -0.1) is 0 Å². The number of aromatic amines is 1. The molecule has 1 N–H and O–H groups in total. The van der Waals surface area contributed by atoms with Gasteiger partial charge < -0.3 is 19.4 Å². The summed E-state index contributed by atoms with van der Waals surface area (Å²) in [6.07, 6.45) is 2.11. The second-order valence-corrected chi connectivity index (χ2v) is 7.82. The Hall–Kier alpha value is -2.31. The summed E-state index contributed by atoms with van der Waals surface area (Å²) in [5, 5.41) is 1.00. The fraction of sp³-hybridized carbons (Fsp3) is 0.318. The van der Waals surface area contributed by atoms with Gasteiger partial charge in [0.15, 0.2) is 0 Å². The molecule has 1 amide bonds. The highest BCUT2D eigenvalue weighted by Crippen LogP contribution is 2.29. The summed E-state index contributed by atoms with van der Waals surface area (Å²) in [5.41, 5.74) is 2.54. The molecule has 146 valence electrons.